The van der Waals surface area contributed by atoms with Crippen LogP contribution in [0.2, 0.25) is 0 Å². The van der Waals surface area contributed by atoms with Crippen molar-refractivity contribution >= 4 is 23.6 Å². The molecule has 0 bridgehead atoms. The predicted octanol–water partition coefficient (Wildman–Crippen LogP) is 4.20. The van der Waals surface area contributed by atoms with Gasteiger partial charge in [-0.3, -0.25) is 29.0 Å². The third kappa shape index (κ3) is 7.02. The van der Waals surface area contributed by atoms with E-state index in [1.807, 2.05) is 30.3 Å². The number of carbonyl (C=O) groups excluding carboxylic acids is 4. The first-order valence-electron chi connectivity index (χ1n) is 13.2. The summed E-state index contributed by atoms with van der Waals surface area (Å²) in [5, 5.41) is 9.57. The van der Waals surface area contributed by atoms with Gasteiger partial charge in [-0.1, -0.05) is 30.3 Å². The molecule has 4 amide bonds. The molecule has 3 aromatic rings. The molecule has 41 heavy (non-hydrogen) atoms. The van der Waals surface area contributed by atoms with Crippen molar-refractivity contribution in [1.29, 1.82) is 0 Å². The van der Waals surface area contributed by atoms with Crippen LogP contribution in [0.5, 0.6) is 23.0 Å². The minimum absolute atomic E-state index is 0.106. The maximum absolute atomic E-state index is 12.5. The second kappa shape index (κ2) is 13.5. The Bertz CT molecular complexity index is 1420. The summed E-state index contributed by atoms with van der Waals surface area (Å²) < 4.78 is 16.0. The number of amides is 4. The fourth-order valence-electron chi connectivity index (χ4n) is 4.52. The maximum Gasteiger partial charge on any atom is 0.260 e. The molecule has 2 aliphatic heterocycles. The monoisotopic (exact) mass is 560 g/mol. The lowest BCUT2D eigenvalue weighted by atomic mass is 10.1. The summed E-state index contributed by atoms with van der Waals surface area (Å²) in [5.74, 6) is 0.288. The first-order chi connectivity index (χ1) is 19.8. The number of rotatable bonds is 7. The molecular formula is C31H32N2O8. The van der Waals surface area contributed by atoms with E-state index in [1.54, 1.807) is 25.3 Å². The Morgan fingerprint density at radius 3 is 1.76 bits per heavy atom. The average Bonchev–Trinajstić information content (AvgIpc) is 3.63. The highest BCUT2D eigenvalue weighted by Gasteiger charge is 2.28. The topological polar surface area (TPSA) is 123 Å². The van der Waals surface area contributed by atoms with Gasteiger partial charge in [-0.15, -0.1) is 0 Å². The molecule has 0 unspecified atom stereocenters. The smallest absolute Gasteiger partial charge is 0.260 e. The molecule has 0 atom stereocenters. The Morgan fingerprint density at radius 1 is 0.732 bits per heavy atom. The molecule has 2 aliphatic rings. The van der Waals surface area contributed by atoms with Crippen LogP contribution in [-0.4, -0.2) is 65.8 Å². The van der Waals surface area contributed by atoms with Crippen molar-refractivity contribution in [3.05, 3.63) is 83.4 Å². The largest absolute Gasteiger partial charge is 0.504 e. The number of imide groups is 2. The van der Waals surface area contributed by atoms with Crippen molar-refractivity contribution in [3.8, 4) is 23.0 Å². The van der Waals surface area contributed by atoms with Gasteiger partial charge >= 0.3 is 0 Å². The van der Waals surface area contributed by atoms with Gasteiger partial charge in [0.1, 0.15) is 6.61 Å². The van der Waals surface area contributed by atoms with Crippen molar-refractivity contribution in [2.24, 2.45) is 0 Å². The van der Waals surface area contributed by atoms with Gasteiger partial charge in [-0.2, -0.15) is 0 Å². The van der Waals surface area contributed by atoms with Gasteiger partial charge < -0.3 is 19.3 Å². The molecule has 2 fully saturated rings. The molecule has 0 aliphatic carbocycles. The standard InChI is InChI=1S/C19H19NO4.C12H13NO4/c1-23-16-10-9-15(19(22)20-11-5-8-18(20)21)12-17(16)24-13-14-6-3-2-4-7-14;1-17-10-5-4-8(7-9(10)14)12(16)13-6-2-3-11(13)15/h2-4,6-7,9-10,12H,5,8,11,13H2,1H3;4-5,7,14H,2-3,6H2,1H3. The summed E-state index contributed by atoms with van der Waals surface area (Å²) in [5.41, 5.74) is 1.73. The maximum atomic E-state index is 12.5. The number of benzene rings is 3. The lowest BCUT2D eigenvalue weighted by Crippen LogP contribution is -2.31. The molecule has 214 valence electrons. The Balaban J connectivity index is 0.000000201. The lowest BCUT2D eigenvalue weighted by Gasteiger charge is -2.16. The molecule has 2 heterocycles. The fraction of sp³-hybridized carbons (Fsp3) is 0.290. The summed E-state index contributed by atoms with van der Waals surface area (Å²) in [6.45, 7) is 1.30. The van der Waals surface area contributed by atoms with Gasteiger partial charge in [0.2, 0.25) is 11.8 Å². The van der Waals surface area contributed by atoms with Crippen molar-refractivity contribution < 1.29 is 38.5 Å². The molecule has 10 nitrogen and oxygen atoms in total. The minimum Gasteiger partial charge on any atom is -0.504 e. The van der Waals surface area contributed by atoms with Crippen LogP contribution in [-0.2, 0) is 16.2 Å². The van der Waals surface area contributed by atoms with Crippen molar-refractivity contribution in [3.63, 3.8) is 0 Å². The van der Waals surface area contributed by atoms with Crippen LogP contribution in [0.3, 0.4) is 0 Å². The highest BCUT2D eigenvalue weighted by atomic mass is 16.5. The van der Waals surface area contributed by atoms with Crippen LogP contribution in [0.15, 0.2) is 66.7 Å². The Hall–Kier alpha value is -4.86. The molecular weight excluding hydrogens is 528 g/mol. The van der Waals surface area contributed by atoms with Crippen LogP contribution in [0.25, 0.3) is 0 Å². The van der Waals surface area contributed by atoms with Crippen LogP contribution in [0.1, 0.15) is 52.0 Å². The summed E-state index contributed by atoms with van der Waals surface area (Å²) >= 11 is 0. The van der Waals surface area contributed by atoms with E-state index >= 15 is 0 Å². The van der Waals surface area contributed by atoms with E-state index in [2.05, 4.69) is 0 Å². The highest BCUT2D eigenvalue weighted by molar-refractivity contribution is 6.06. The van der Waals surface area contributed by atoms with Crippen molar-refractivity contribution in [2.75, 3.05) is 27.3 Å². The summed E-state index contributed by atoms with van der Waals surface area (Å²) in [6, 6.07) is 19.1. The lowest BCUT2D eigenvalue weighted by molar-refractivity contribution is -0.126. The SMILES string of the molecule is COc1ccc(C(=O)N2CCCC2=O)cc1O.COc1ccc(C(=O)N2CCCC2=O)cc1OCc1ccccc1. The Labute approximate surface area is 238 Å². The fourth-order valence-corrected chi connectivity index (χ4v) is 4.52. The van der Waals surface area contributed by atoms with Gasteiger partial charge in [0.15, 0.2) is 23.0 Å². The van der Waals surface area contributed by atoms with E-state index < -0.39 is 0 Å². The van der Waals surface area contributed by atoms with E-state index in [4.69, 9.17) is 14.2 Å². The highest BCUT2D eigenvalue weighted by Crippen LogP contribution is 2.30. The van der Waals surface area contributed by atoms with Crippen molar-refractivity contribution in [2.45, 2.75) is 32.3 Å². The quantitative estimate of drug-likeness (QED) is 0.427. The van der Waals surface area contributed by atoms with Crippen LogP contribution >= 0.6 is 0 Å². The number of hydrogen-bond acceptors (Lipinski definition) is 8. The van der Waals surface area contributed by atoms with Gasteiger partial charge in [0.25, 0.3) is 11.8 Å². The van der Waals surface area contributed by atoms with Crippen LogP contribution in [0.4, 0.5) is 0 Å². The first-order valence-corrected chi connectivity index (χ1v) is 13.2. The predicted molar refractivity (Wildman–Crippen MR) is 149 cm³/mol. The molecule has 10 heteroatoms. The summed E-state index contributed by atoms with van der Waals surface area (Å²) in [7, 11) is 2.98. The van der Waals surface area contributed by atoms with E-state index in [9.17, 15) is 24.3 Å². The molecule has 3 aromatic carbocycles. The second-order valence-electron chi connectivity index (χ2n) is 9.43. The van der Waals surface area contributed by atoms with Gasteiger partial charge in [0.05, 0.1) is 14.2 Å². The first kappa shape index (κ1) is 29.1. The molecule has 0 radical (unpaired) electrons. The molecule has 2 saturated heterocycles. The zero-order valence-corrected chi connectivity index (χ0v) is 23.0. The number of likely N-dealkylation sites (tertiary alicyclic amines) is 2. The zero-order valence-electron chi connectivity index (χ0n) is 23.0. The van der Waals surface area contributed by atoms with Crippen molar-refractivity contribution in [1.82, 2.24) is 9.80 Å². The molecule has 5 rings (SSSR count). The molecule has 0 aromatic heterocycles. The van der Waals surface area contributed by atoms with Gasteiger partial charge in [-0.05, 0) is 54.8 Å². The number of methoxy groups -OCH3 is 2. The summed E-state index contributed by atoms with van der Waals surface area (Å²) in [6.07, 6.45) is 2.26. The zero-order chi connectivity index (χ0) is 29.4. The normalized spacial score (nSPS) is 14.4. The number of phenols is 1. The van der Waals surface area contributed by atoms with Crippen LogP contribution in [0, 0.1) is 0 Å². The Morgan fingerprint density at radius 2 is 1.27 bits per heavy atom. The van der Waals surface area contributed by atoms with E-state index in [0.29, 0.717) is 67.3 Å². The summed E-state index contributed by atoms with van der Waals surface area (Å²) in [4.78, 5) is 50.1. The number of nitrogens with zero attached hydrogens (tertiary/aromatic N) is 2. The third-order valence-electron chi connectivity index (χ3n) is 6.71. The van der Waals surface area contributed by atoms with Gasteiger partial charge in [0, 0.05) is 37.1 Å². The number of hydrogen-bond donors (Lipinski definition) is 1. The third-order valence-corrected chi connectivity index (χ3v) is 6.71. The van der Waals surface area contributed by atoms with E-state index in [-0.39, 0.29) is 29.4 Å². The average molecular weight is 561 g/mol. The minimum atomic E-state index is -0.370. The molecule has 0 spiro atoms. The van der Waals surface area contributed by atoms with E-state index in [0.717, 1.165) is 12.0 Å². The molecule has 0 saturated carbocycles. The Kier molecular flexibility index (Phi) is 9.57. The number of phenolic OH excluding ortho intramolecular Hbond substituents is 1. The number of carbonyl (C=O) groups is 4. The van der Waals surface area contributed by atoms with E-state index in [1.165, 1.54) is 35.1 Å². The van der Waals surface area contributed by atoms with Gasteiger partial charge in [-0.25, -0.2) is 0 Å². The van der Waals surface area contributed by atoms with Crippen LogP contribution < -0.4 is 14.2 Å². The molecule has 1 N–H and O–H groups in total. The second-order valence-corrected chi connectivity index (χ2v) is 9.43. The number of aromatic hydroxyl groups is 1. The number of ether oxygens (including phenoxy) is 3.